The minimum Gasteiger partial charge on any atom is -0.360 e. The first-order valence-electron chi connectivity index (χ1n) is 9.17. The Morgan fingerprint density at radius 1 is 0.667 bits per heavy atom. The summed E-state index contributed by atoms with van der Waals surface area (Å²) in [5.41, 5.74) is 5.50. The van der Waals surface area contributed by atoms with E-state index >= 15 is 0 Å². The Morgan fingerprint density at radius 3 is 2.04 bits per heavy atom. The van der Waals surface area contributed by atoms with Gasteiger partial charge in [-0.25, -0.2) is 0 Å². The number of nitrogens with one attached hydrogen (secondary N) is 1. The van der Waals surface area contributed by atoms with E-state index in [2.05, 4.69) is 71.7 Å². The molecule has 0 bridgehead atoms. The Labute approximate surface area is 158 Å². The summed E-state index contributed by atoms with van der Waals surface area (Å²) in [7, 11) is 0. The van der Waals surface area contributed by atoms with Crippen molar-refractivity contribution in [1.82, 2.24) is 4.98 Å². The highest BCUT2D eigenvalue weighted by molar-refractivity contribution is 6.41. The molecule has 1 aromatic heterocycles. The Hall–Kier alpha value is -3.46. The molecule has 27 heavy (non-hydrogen) atoms. The van der Waals surface area contributed by atoms with Gasteiger partial charge in [0.1, 0.15) is 12.1 Å². The smallest absolute Gasteiger partial charge is 0.102 e. The molecule has 2 atom stereocenters. The van der Waals surface area contributed by atoms with Gasteiger partial charge in [0.15, 0.2) is 0 Å². The van der Waals surface area contributed by atoms with E-state index in [0.29, 0.717) is 0 Å². The average molecular weight is 349 g/mol. The van der Waals surface area contributed by atoms with E-state index in [9.17, 15) is 0 Å². The molecule has 1 aliphatic rings. The van der Waals surface area contributed by atoms with E-state index in [1.54, 1.807) is 0 Å². The molecule has 1 aliphatic heterocycles. The number of para-hydroxylation sites is 1. The number of benzene rings is 3. The second-order valence-corrected chi connectivity index (χ2v) is 6.75. The molecule has 4 aromatic rings. The van der Waals surface area contributed by atoms with Crippen LogP contribution in [0.5, 0.6) is 0 Å². The van der Waals surface area contributed by atoms with Gasteiger partial charge >= 0.3 is 0 Å². The summed E-state index contributed by atoms with van der Waals surface area (Å²) in [5.74, 6) is 0. The van der Waals surface area contributed by atoms with Crippen molar-refractivity contribution in [3.8, 4) is 0 Å². The highest BCUT2D eigenvalue weighted by atomic mass is 15.0. The molecule has 0 aliphatic carbocycles. The summed E-state index contributed by atoms with van der Waals surface area (Å²) < 4.78 is 0. The van der Waals surface area contributed by atoms with Gasteiger partial charge in [-0.15, -0.1) is 0 Å². The lowest BCUT2D eigenvalue weighted by Crippen LogP contribution is -2.18. The average Bonchev–Trinajstić information content (AvgIpc) is 3.19. The van der Waals surface area contributed by atoms with Crippen molar-refractivity contribution < 1.29 is 0 Å². The molecule has 1 N–H and O–H groups in total. The Balaban J connectivity index is 1.62. The first kappa shape index (κ1) is 15.8. The molecule has 5 rings (SSSR count). The van der Waals surface area contributed by atoms with Gasteiger partial charge in [0.05, 0.1) is 5.71 Å². The van der Waals surface area contributed by atoms with E-state index in [4.69, 9.17) is 9.98 Å². The van der Waals surface area contributed by atoms with Crippen molar-refractivity contribution in [3.05, 3.63) is 108 Å². The predicted octanol–water partition coefficient (Wildman–Crippen LogP) is 5.52. The molecule has 0 amide bonds. The van der Waals surface area contributed by atoms with Crippen LogP contribution in [0.2, 0.25) is 0 Å². The second kappa shape index (κ2) is 6.69. The molecule has 0 fully saturated rings. The molecule has 0 radical (unpaired) electrons. The number of hydrogen-bond acceptors (Lipinski definition) is 2. The summed E-state index contributed by atoms with van der Waals surface area (Å²) >= 11 is 0. The van der Waals surface area contributed by atoms with Crippen LogP contribution >= 0.6 is 0 Å². The molecule has 3 nitrogen and oxygen atoms in total. The summed E-state index contributed by atoms with van der Waals surface area (Å²) in [6, 6.07) is 29.1. The topological polar surface area (TPSA) is 40.5 Å². The van der Waals surface area contributed by atoms with Crippen LogP contribution in [-0.4, -0.2) is 16.9 Å². The van der Waals surface area contributed by atoms with Crippen molar-refractivity contribution in [1.29, 1.82) is 0 Å². The number of H-pyrrole nitrogens is 1. The second-order valence-electron chi connectivity index (χ2n) is 6.75. The van der Waals surface area contributed by atoms with Crippen LogP contribution in [0.1, 0.15) is 28.8 Å². The maximum absolute atomic E-state index is 5.15. The fourth-order valence-electron chi connectivity index (χ4n) is 3.73. The highest BCUT2D eigenvalue weighted by Gasteiger charge is 2.27. The summed E-state index contributed by atoms with van der Waals surface area (Å²) in [5, 5.41) is 1.17. The molecule has 0 spiro atoms. The quantitative estimate of drug-likeness (QED) is 0.506. The number of aliphatic imine (C=N–C) groups is 2. The van der Waals surface area contributed by atoms with Crippen LogP contribution in [0, 0.1) is 0 Å². The fraction of sp³-hybridized carbons (Fsp3) is 0.0833. The predicted molar refractivity (Wildman–Crippen MR) is 112 cm³/mol. The van der Waals surface area contributed by atoms with Crippen molar-refractivity contribution in [3.63, 3.8) is 0 Å². The number of aromatic amines is 1. The standard InChI is InChI=1S/C24H19N3/c1-3-9-17(10-4-1)23-24(18-11-5-2-6-12-18)27-22(16-26-23)20-15-25-21-14-8-7-13-19(20)21/h1-16,23-25H/t23-,24-/m0/s1. The SMILES string of the molecule is C1=N[C@@H](c2ccccc2)[C@H](c2ccccc2)N=C1c1c[nH]c2ccccc12. The highest BCUT2D eigenvalue weighted by Crippen LogP contribution is 2.38. The summed E-state index contributed by atoms with van der Waals surface area (Å²) in [6.07, 6.45) is 3.95. The van der Waals surface area contributed by atoms with Gasteiger partial charge in [-0.05, 0) is 17.2 Å². The third-order valence-corrected chi connectivity index (χ3v) is 5.08. The Bertz CT molecular complexity index is 1120. The zero-order valence-corrected chi connectivity index (χ0v) is 14.8. The van der Waals surface area contributed by atoms with E-state index in [1.807, 2.05) is 30.6 Å². The van der Waals surface area contributed by atoms with Gasteiger partial charge < -0.3 is 4.98 Å². The van der Waals surface area contributed by atoms with Gasteiger partial charge in [-0.1, -0.05) is 78.9 Å². The van der Waals surface area contributed by atoms with Crippen LogP contribution < -0.4 is 0 Å². The molecular formula is C24H19N3. The number of aromatic nitrogens is 1. The van der Waals surface area contributed by atoms with Gasteiger partial charge in [-0.2, -0.15) is 0 Å². The van der Waals surface area contributed by atoms with Crippen molar-refractivity contribution >= 4 is 22.8 Å². The maximum atomic E-state index is 5.15. The monoisotopic (exact) mass is 349 g/mol. The van der Waals surface area contributed by atoms with Gasteiger partial charge in [0, 0.05) is 28.9 Å². The van der Waals surface area contributed by atoms with E-state index < -0.39 is 0 Å². The molecule has 0 saturated carbocycles. The third-order valence-electron chi connectivity index (χ3n) is 5.08. The molecule has 130 valence electrons. The third kappa shape index (κ3) is 2.87. The number of hydrogen-bond donors (Lipinski definition) is 1. The Morgan fingerprint density at radius 2 is 1.30 bits per heavy atom. The molecule has 0 unspecified atom stereocenters. The van der Waals surface area contributed by atoms with Crippen LogP contribution in [-0.2, 0) is 0 Å². The molecule has 3 heteroatoms. The van der Waals surface area contributed by atoms with E-state index in [0.717, 1.165) is 16.8 Å². The zero-order chi connectivity index (χ0) is 18.1. The van der Waals surface area contributed by atoms with Crippen LogP contribution in [0.25, 0.3) is 10.9 Å². The van der Waals surface area contributed by atoms with Crippen molar-refractivity contribution in [2.75, 3.05) is 0 Å². The van der Waals surface area contributed by atoms with Crippen LogP contribution in [0.15, 0.2) is 101 Å². The summed E-state index contributed by atoms with van der Waals surface area (Å²) in [6.45, 7) is 0. The number of fused-ring (bicyclic) bond motifs is 1. The lowest BCUT2D eigenvalue weighted by Gasteiger charge is -2.25. The number of rotatable bonds is 3. The van der Waals surface area contributed by atoms with E-state index in [1.165, 1.54) is 16.5 Å². The van der Waals surface area contributed by atoms with Crippen molar-refractivity contribution in [2.24, 2.45) is 9.98 Å². The normalized spacial score (nSPS) is 19.2. The van der Waals surface area contributed by atoms with Gasteiger partial charge in [0.2, 0.25) is 0 Å². The van der Waals surface area contributed by atoms with Crippen LogP contribution in [0.3, 0.4) is 0 Å². The molecular weight excluding hydrogens is 330 g/mol. The Kier molecular flexibility index (Phi) is 3.91. The van der Waals surface area contributed by atoms with Gasteiger partial charge in [0.25, 0.3) is 0 Å². The minimum atomic E-state index is -0.0396. The lowest BCUT2D eigenvalue weighted by molar-refractivity contribution is 0.577. The molecule has 0 saturated heterocycles. The molecule has 2 heterocycles. The van der Waals surface area contributed by atoms with Crippen molar-refractivity contribution in [2.45, 2.75) is 12.1 Å². The zero-order valence-electron chi connectivity index (χ0n) is 14.8. The largest absolute Gasteiger partial charge is 0.360 e. The molecule has 3 aromatic carbocycles. The van der Waals surface area contributed by atoms with E-state index in [-0.39, 0.29) is 12.1 Å². The summed E-state index contributed by atoms with van der Waals surface area (Å²) in [4.78, 5) is 13.4. The number of nitrogens with zero attached hydrogens (tertiary/aromatic N) is 2. The maximum Gasteiger partial charge on any atom is 0.102 e. The van der Waals surface area contributed by atoms with Crippen LogP contribution in [0.4, 0.5) is 0 Å². The lowest BCUT2D eigenvalue weighted by atomic mass is 9.92. The minimum absolute atomic E-state index is 0.0115. The van der Waals surface area contributed by atoms with Gasteiger partial charge in [-0.3, -0.25) is 9.98 Å². The fourth-order valence-corrected chi connectivity index (χ4v) is 3.73. The first-order chi connectivity index (χ1) is 13.4. The first-order valence-corrected chi connectivity index (χ1v) is 9.17.